The molecular weight excluding hydrogens is 484 g/mol. The van der Waals surface area contributed by atoms with E-state index < -0.39 is 0 Å². The van der Waals surface area contributed by atoms with Gasteiger partial charge in [-0.1, -0.05) is 97.1 Å². The first kappa shape index (κ1) is 24.0. The molecule has 7 rings (SSSR count). The molecule has 0 N–H and O–H groups in total. The number of benzene rings is 5. The number of hydrogen-bond donors (Lipinski definition) is 0. The van der Waals surface area contributed by atoms with Crippen LogP contribution in [0.4, 0.5) is 0 Å². The highest BCUT2D eigenvalue weighted by atomic mass is 14.7. The summed E-state index contributed by atoms with van der Waals surface area (Å²) >= 11 is 0. The van der Waals surface area contributed by atoms with E-state index in [2.05, 4.69) is 133 Å². The first-order valence-corrected chi connectivity index (χ1v) is 13.7. The molecule has 0 unspecified atom stereocenters. The van der Waals surface area contributed by atoms with Crippen LogP contribution in [0.1, 0.15) is 11.3 Å². The molecule has 0 fully saturated rings. The van der Waals surface area contributed by atoms with Gasteiger partial charge in [0.05, 0.1) is 0 Å². The van der Waals surface area contributed by atoms with Crippen molar-refractivity contribution in [2.45, 2.75) is 13.8 Å². The molecule has 7 aromatic rings. The highest BCUT2D eigenvalue weighted by Crippen LogP contribution is 2.44. The number of pyridine rings is 2. The monoisotopic (exact) mass is 512 g/mol. The van der Waals surface area contributed by atoms with Crippen molar-refractivity contribution in [1.29, 1.82) is 0 Å². The van der Waals surface area contributed by atoms with Gasteiger partial charge in [-0.25, -0.2) is 0 Å². The quantitative estimate of drug-likeness (QED) is 0.219. The highest BCUT2D eigenvalue weighted by Gasteiger charge is 2.17. The van der Waals surface area contributed by atoms with Crippen LogP contribution in [-0.2, 0) is 0 Å². The molecule has 2 heterocycles. The van der Waals surface area contributed by atoms with Gasteiger partial charge in [0.25, 0.3) is 0 Å². The molecule has 5 aromatic carbocycles. The summed E-state index contributed by atoms with van der Waals surface area (Å²) in [6.07, 6.45) is 5.65. The van der Waals surface area contributed by atoms with Gasteiger partial charge in [0.15, 0.2) is 0 Å². The molecule has 2 heteroatoms. The Kier molecular flexibility index (Phi) is 5.94. The van der Waals surface area contributed by atoms with Crippen LogP contribution in [0.15, 0.2) is 134 Å². The lowest BCUT2D eigenvalue weighted by Gasteiger charge is -2.18. The zero-order valence-electron chi connectivity index (χ0n) is 22.6. The summed E-state index contributed by atoms with van der Waals surface area (Å²) < 4.78 is 0. The maximum Gasteiger partial charge on any atom is 0.0450 e. The van der Waals surface area contributed by atoms with Gasteiger partial charge in [0, 0.05) is 35.4 Å². The SMILES string of the molecule is Cc1ccncc1-c1ccc(-c2c3ccccc3c(-c3cccc(-c4cccnc4C)c3)c3ccccc23)cc1. The van der Waals surface area contributed by atoms with E-state index in [1.807, 2.05) is 24.7 Å². The summed E-state index contributed by atoms with van der Waals surface area (Å²) in [5.41, 5.74) is 11.9. The fourth-order valence-corrected chi connectivity index (χ4v) is 5.96. The number of nitrogens with zero attached hydrogens (tertiary/aromatic N) is 2. The molecule has 40 heavy (non-hydrogen) atoms. The van der Waals surface area contributed by atoms with Gasteiger partial charge in [-0.15, -0.1) is 0 Å². The molecule has 0 aliphatic carbocycles. The van der Waals surface area contributed by atoms with Crippen molar-refractivity contribution in [3.8, 4) is 44.5 Å². The molecule has 2 aromatic heterocycles. The summed E-state index contributed by atoms with van der Waals surface area (Å²) in [5, 5.41) is 5.01. The van der Waals surface area contributed by atoms with Gasteiger partial charge in [-0.2, -0.15) is 0 Å². The van der Waals surface area contributed by atoms with Gasteiger partial charge < -0.3 is 0 Å². The average Bonchev–Trinajstić information content (AvgIpc) is 3.00. The molecular formula is C38H28N2. The molecule has 0 saturated heterocycles. The Morgan fingerprint density at radius 1 is 0.450 bits per heavy atom. The Hall–Kier alpha value is -5.08. The van der Waals surface area contributed by atoms with E-state index in [4.69, 9.17) is 0 Å². The van der Waals surface area contributed by atoms with E-state index in [0.29, 0.717) is 0 Å². The minimum Gasteiger partial charge on any atom is -0.264 e. The smallest absolute Gasteiger partial charge is 0.0450 e. The van der Waals surface area contributed by atoms with E-state index in [-0.39, 0.29) is 0 Å². The summed E-state index contributed by atoms with van der Waals surface area (Å²) in [5.74, 6) is 0. The molecule has 0 aliphatic rings. The van der Waals surface area contributed by atoms with Gasteiger partial charge in [-0.05, 0) is 92.5 Å². The van der Waals surface area contributed by atoms with Crippen molar-refractivity contribution in [3.63, 3.8) is 0 Å². The Morgan fingerprint density at radius 2 is 1.05 bits per heavy atom. The van der Waals surface area contributed by atoms with Gasteiger partial charge in [0.1, 0.15) is 0 Å². The molecule has 2 nitrogen and oxygen atoms in total. The van der Waals surface area contributed by atoms with Crippen molar-refractivity contribution < 1.29 is 0 Å². The molecule has 0 atom stereocenters. The number of hydrogen-bond acceptors (Lipinski definition) is 2. The third-order valence-corrected chi connectivity index (χ3v) is 7.92. The molecule has 0 saturated carbocycles. The Bertz CT molecular complexity index is 1960. The largest absolute Gasteiger partial charge is 0.264 e. The maximum absolute atomic E-state index is 4.53. The van der Waals surface area contributed by atoms with E-state index in [0.717, 1.165) is 5.69 Å². The van der Waals surface area contributed by atoms with E-state index in [9.17, 15) is 0 Å². The molecule has 190 valence electrons. The highest BCUT2D eigenvalue weighted by molar-refractivity contribution is 6.21. The summed E-state index contributed by atoms with van der Waals surface area (Å²) in [7, 11) is 0. The van der Waals surface area contributed by atoms with Crippen molar-refractivity contribution in [2.75, 3.05) is 0 Å². The molecule has 0 amide bonds. The van der Waals surface area contributed by atoms with E-state index in [1.54, 1.807) is 0 Å². The van der Waals surface area contributed by atoms with Crippen molar-refractivity contribution >= 4 is 21.5 Å². The lowest BCUT2D eigenvalue weighted by Crippen LogP contribution is -1.92. The van der Waals surface area contributed by atoms with Gasteiger partial charge in [-0.3, -0.25) is 9.97 Å². The average molecular weight is 513 g/mol. The van der Waals surface area contributed by atoms with Crippen molar-refractivity contribution in [3.05, 3.63) is 145 Å². The standard InChI is InChI=1S/C38H28N2/c1-25-20-22-39-24-36(25)27-16-18-28(19-17-27)37-32-11-3-5-13-34(32)38(35-14-6-4-12-33(35)37)30-10-7-9-29(23-30)31-15-8-21-40-26(31)2/h3-24H,1-2H3. The first-order chi connectivity index (χ1) is 19.7. The van der Waals surface area contributed by atoms with Crippen LogP contribution in [0.3, 0.4) is 0 Å². The summed E-state index contributed by atoms with van der Waals surface area (Å²) in [6, 6.07) is 41.7. The fraction of sp³-hybridized carbons (Fsp3) is 0.0526. The maximum atomic E-state index is 4.53. The lowest BCUT2D eigenvalue weighted by atomic mass is 9.85. The minimum atomic E-state index is 1.04. The molecule has 0 bridgehead atoms. The van der Waals surface area contributed by atoms with E-state index in [1.165, 1.54) is 71.6 Å². The number of rotatable bonds is 4. The number of aromatic nitrogens is 2. The Balaban J connectivity index is 1.46. The van der Waals surface area contributed by atoms with Crippen molar-refractivity contribution in [2.24, 2.45) is 0 Å². The third-order valence-electron chi connectivity index (χ3n) is 7.92. The second-order valence-electron chi connectivity index (χ2n) is 10.3. The topological polar surface area (TPSA) is 25.8 Å². The van der Waals surface area contributed by atoms with Crippen LogP contribution < -0.4 is 0 Å². The zero-order valence-corrected chi connectivity index (χ0v) is 22.6. The van der Waals surface area contributed by atoms with Crippen LogP contribution in [0, 0.1) is 13.8 Å². The predicted octanol–water partition coefficient (Wildman–Crippen LogP) is 10.1. The first-order valence-electron chi connectivity index (χ1n) is 13.7. The fourth-order valence-electron chi connectivity index (χ4n) is 5.96. The van der Waals surface area contributed by atoms with Crippen LogP contribution in [0.25, 0.3) is 66.1 Å². The van der Waals surface area contributed by atoms with Crippen molar-refractivity contribution in [1.82, 2.24) is 9.97 Å². The lowest BCUT2D eigenvalue weighted by molar-refractivity contribution is 1.20. The summed E-state index contributed by atoms with van der Waals surface area (Å²) in [6.45, 7) is 4.21. The van der Waals surface area contributed by atoms with Crippen LogP contribution >= 0.6 is 0 Å². The zero-order chi connectivity index (χ0) is 27.1. The summed E-state index contributed by atoms with van der Waals surface area (Å²) in [4.78, 5) is 8.88. The minimum absolute atomic E-state index is 1.04. The van der Waals surface area contributed by atoms with Crippen LogP contribution in [0.2, 0.25) is 0 Å². The molecule has 0 aliphatic heterocycles. The Morgan fingerprint density at radius 3 is 1.68 bits per heavy atom. The van der Waals surface area contributed by atoms with Crippen LogP contribution in [-0.4, -0.2) is 9.97 Å². The number of aryl methyl sites for hydroxylation is 2. The van der Waals surface area contributed by atoms with Gasteiger partial charge in [0.2, 0.25) is 0 Å². The van der Waals surface area contributed by atoms with Crippen LogP contribution in [0.5, 0.6) is 0 Å². The Labute approximate surface area is 234 Å². The predicted molar refractivity (Wildman–Crippen MR) is 168 cm³/mol. The second-order valence-corrected chi connectivity index (χ2v) is 10.3. The normalized spacial score (nSPS) is 11.2. The molecule has 0 spiro atoms. The second kappa shape index (κ2) is 9.91. The third kappa shape index (κ3) is 4.06. The van der Waals surface area contributed by atoms with E-state index >= 15 is 0 Å². The number of fused-ring (bicyclic) bond motifs is 2. The molecule has 0 radical (unpaired) electrons. The van der Waals surface area contributed by atoms with Gasteiger partial charge >= 0.3 is 0 Å².